The van der Waals surface area contributed by atoms with Gasteiger partial charge in [0, 0.05) is 6.07 Å². The van der Waals surface area contributed by atoms with Crippen LogP contribution in [0.3, 0.4) is 0 Å². The van der Waals surface area contributed by atoms with Gasteiger partial charge in [0.25, 0.3) is 0 Å². The number of benzene rings is 2. The molecule has 0 aromatic heterocycles. The molecule has 140 valence electrons. The summed E-state index contributed by atoms with van der Waals surface area (Å²) in [6, 6.07) is 14.7. The summed E-state index contributed by atoms with van der Waals surface area (Å²) in [6.07, 6.45) is 1.99. The molecule has 0 radical (unpaired) electrons. The van der Waals surface area contributed by atoms with E-state index in [1.54, 1.807) is 48.5 Å². The van der Waals surface area contributed by atoms with Gasteiger partial charge in [0.1, 0.15) is 11.7 Å². The molecule has 0 saturated carbocycles. The molecule has 0 bridgehead atoms. The minimum atomic E-state index is -0.881. The standard InChI is InChI=1S/C21H22N2O4/c1-3-4-13-18-19(24)22(15-9-6-5-7-10-15)21(26)23(20(18)25)16-11-8-12-17(14-16)27-2/h5-12,14,18H,3-4,13H2,1-2H3. The van der Waals surface area contributed by atoms with Crippen LogP contribution in [0, 0.1) is 5.92 Å². The molecule has 1 fully saturated rings. The van der Waals surface area contributed by atoms with Crippen molar-refractivity contribution in [1.29, 1.82) is 0 Å². The fraction of sp³-hybridized carbons (Fsp3) is 0.286. The van der Waals surface area contributed by atoms with Gasteiger partial charge in [-0.3, -0.25) is 9.59 Å². The van der Waals surface area contributed by atoms with Crippen molar-refractivity contribution in [1.82, 2.24) is 0 Å². The molecule has 6 nitrogen and oxygen atoms in total. The normalized spacial score (nSPS) is 17.4. The van der Waals surface area contributed by atoms with Crippen LogP contribution in [0.15, 0.2) is 54.6 Å². The lowest BCUT2D eigenvalue weighted by atomic mass is 9.96. The van der Waals surface area contributed by atoms with Gasteiger partial charge >= 0.3 is 6.03 Å². The predicted molar refractivity (Wildman–Crippen MR) is 103 cm³/mol. The highest BCUT2D eigenvalue weighted by atomic mass is 16.5. The van der Waals surface area contributed by atoms with E-state index in [1.165, 1.54) is 7.11 Å². The molecule has 4 amide bonds. The highest BCUT2D eigenvalue weighted by molar-refractivity contribution is 6.36. The van der Waals surface area contributed by atoms with Crippen LogP contribution in [-0.2, 0) is 9.59 Å². The van der Waals surface area contributed by atoms with Crippen molar-refractivity contribution in [3.8, 4) is 5.75 Å². The summed E-state index contributed by atoms with van der Waals surface area (Å²) < 4.78 is 5.21. The van der Waals surface area contributed by atoms with Crippen LogP contribution in [-0.4, -0.2) is 25.0 Å². The van der Waals surface area contributed by atoms with Crippen molar-refractivity contribution < 1.29 is 19.1 Å². The van der Waals surface area contributed by atoms with E-state index in [-0.39, 0.29) is 0 Å². The Bertz CT molecular complexity index is 850. The van der Waals surface area contributed by atoms with Crippen molar-refractivity contribution in [3.05, 3.63) is 54.6 Å². The molecule has 2 aromatic rings. The van der Waals surface area contributed by atoms with Gasteiger partial charge < -0.3 is 4.74 Å². The first-order valence-corrected chi connectivity index (χ1v) is 8.99. The highest BCUT2D eigenvalue weighted by Crippen LogP contribution is 2.32. The summed E-state index contributed by atoms with van der Waals surface area (Å²) in [4.78, 5) is 41.3. The Morgan fingerprint density at radius 3 is 2.15 bits per heavy atom. The maximum atomic E-state index is 13.1. The number of hydrogen-bond acceptors (Lipinski definition) is 4. The third kappa shape index (κ3) is 3.56. The lowest BCUT2D eigenvalue weighted by Crippen LogP contribution is -2.60. The first-order chi connectivity index (χ1) is 13.1. The van der Waals surface area contributed by atoms with Gasteiger partial charge in [-0.05, 0) is 30.7 Å². The number of carbonyl (C=O) groups excluding carboxylic acids is 3. The van der Waals surface area contributed by atoms with Crippen molar-refractivity contribution in [2.45, 2.75) is 26.2 Å². The molecule has 2 aromatic carbocycles. The molecule has 1 atom stereocenters. The Morgan fingerprint density at radius 1 is 0.889 bits per heavy atom. The average molecular weight is 366 g/mol. The zero-order valence-corrected chi connectivity index (χ0v) is 15.4. The first-order valence-electron chi connectivity index (χ1n) is 8.99. The lowest BCUT2D eigenvalue weighted by Gasteiger charge is -2.37. The number of unbranched alkanes of at least 4 members (excludes halogenated alkanes) is 1. The van der Waals surface area contributed by atoms with E-state index in [2.05, 4.69) is 0 Å². The number of carbonyl (C=O) groups is 3. The number of imide groups is 2. The molecule has 0 aliphatic carbocycles. The number of barbiturate groups is 1. The van der Waals surface area contributed by atoms with Crippen LogP contribution in [0.4, 0.5) is 16.2 Å². The SMILES string of the molecule is CCCCC1C(=O)N(c2ccccc2)C(=O)N(c2cccc(OC)c2)C1=O. The number of ether oxygens (including phenoxy) is 1. The van der Waals surface area contributed by atoms with Gasteiger partial charge in [-0.1, -0.05) is 44.0 Å². The van der Waals surface area contributed by atoms with Gasteiger partial charge in [-0.2, -0.15) is 0 Å². The van der Waals surface area contributed by atoms with Crippen molar-refractivity contribution in [3.63, 3.8) is 0 Å². The Morgan fingerprint density at radius 2 is 1.52 bits per heavy atom. The molecule has 27 heavy (non-hydrogen) atoms. The Labute approximate surface area is 158 Å². The predicted octanol–water partition coefficient (Wildman–Crippen LogP) is 4.00. The van der Waals surface area contributed by atoms with E-state index in [9.17, 15) is 14.4 Å². The fourth-order valence-electron chi connectivity index (χ4n) is 3.16. The molecular formula is C21H22N2O4. The lowest BCUT2D eigenvalue weighted by molar-refractivity contribution is -0.133. The van der Waals surface area contributed by atoms with Crippen molar-refractivity contribution in [2.75, 3.05) is 16.9 Å². The maximum Gasteiger partial charge on any atom is 0.342 e. The number of urea groups is 1. The largest absolute Gasteiger partial charge is 0.497 e. The second-order valence-electron chi connectivity index (χ2n) is 6.36. The zero-order chi connectivity index (χ0) is 19.4. The second kappa shape index (κ2) is 8.03. The number of para-hydroxylation sites is 1. The summed E-state index contributed by atoms with van der Waals surface area (Å²) in [5.74, 6) is -1.31. The molecule has 0 N–H and O–H groups in total. The number of amides is 4. The summed E-state index contributed by atoms with van der Waals surface area (Å²) in [5, 5.41) is 0. The molecule has 1 saturated heterocycles. The monoisotopic (exact) mass is 366 g/mol. The number of rotatable bonds is 6. The summed E-state index contributed by atoms with van der Waals surface area (Å²) >= 11 is 0. The average Bonchev–Trinajstić information content (AvgIpc) is 2.69. The molecular weight excluding hydrogens is 344 g/mol. The van der Waals surface area contributed by atoms with E-state index in [0.717, 1.165) is 22.6 Å². The highest BCUT2D eigenvalue weighted by Gasteiger charge is 2.46. The number of nitrogens with zero attached hydrogens (tertiary/aromatic N) is 2. The zero-order valence-electron chi connectivity index (χ0n) is 15.4. The van der Waals surface area contributed by atoms with Crippen molar-refractivity contribution >= 4 is 29.2 Å². The van der Waals surface area contributed by atoms with Crippen LogP contribution in [0.2, 0.25) is 0 Å². The molecule has 3 rings (SSSR count). The van der Waals surface area contributed by atoms with E-state index in [4.69, 9.17) is 4.74 Å². The van der Waals surface area contributed by atoms with Gasteiger partial charge in [0.2, 0.25) is 11.8 Å². The molecule has 6 heteroatoms. The fourth-order valence-corrected chi connectivity index (χ4v) is 3.16. The van der Waals surface area contributed by atoms with E-state index in [1.807, 2.05) is 13.0 Å². The van der Waals surface area contributed by atoms with Crippen LogP contribution in [0.5, 0.6) is 5.75 Å². The van der Waals surface area contributed by atoms with E-state index in [0.29, 0.717) is 23.5 Å². The quantitative estimate of drug-likeness (QED) is 0.725. The molecule has 1 unspecified atom stereocenters. The minimum Gasteiger partial charge on any atom is -0.497 e. The summed E-state index contributed by atoms with van der Waals surface area (Å²) in [6.45, 7) is 2.00. The number of anilines is 2. The van der Waals surface area contributed by atoms with Crippen LogP contribution in [0.1, 0.15) is 26.2 Å². The Balaban J connectivity index is 2.06. The van der Waals surface area contributed by atoms with E-state index < -0.39 is 23.8 Å². The molecule has 0 spiro atoms. The third-order valence-electron chi connectivity index (χ3n) is 4.59. The summed E-state index contributed by atoms with van der Waals surface area (Å²) in [7, 11) is 1.52. The van der Waals surface area contributed by atoms with Crippen LogP contribution >= 0.6 is 0 Å². The molecule has 1 aliphatic heterocycles. The Kier molecular flexibility index (Phi) is 5.54. The van der Waals surface area contributed by atoms with Crippen LogP contribution < -0.4 is 14.5 Å². The van der Waals surface area contributed by atoms with Crippen LogP contribution in [0.25, 0.3) is 0 Å². The van der Waals surface area contributed by atoms with Gasteiger partial charge in [0.15, 0.2) is 0 Å². The summed E-state index contributed by atoms with van der Waals surface area (Å²) in [5.41, 5.74) is 0.841. The number of methoxy groups -OCH3 is 1. The van der Waals surface area contributed by atoms with E-state index >= 15 is 0 Å². The Hall–Kier alpha value is -3.15. The van der Waals surface area contributed by atoms with Crippen molar-refractivity contribution in [2.24, 2.45) is 5.92 Å². The number of hydrogen-bond donors (Lipinski definition) is 0. The molecule has 1 heterocycles. The first kappa shape index (κ1) is 18.6. The van der Waals surface area contributed by atoms with Gasteiger partial charge in [0.05, 0.1) is 18.5 Å². The second-order valence-corrected chi connectivity index (χ2v) is 6.36. The third-order valence-corrected chi connectivity index (χ3v) is 4.59. The van der Waals surface area contributed by atoms with Gasteiger partial charge in [-0.25, -0.2) is 14.6 Å². The molecule has 1 aliphatic rings. The minimum absolute atomic E-state index is 0.388. The maximum absolute atomic E-state index is 13.1. The smallest absolute Gasteiger partial charge is 0.342 e. The van der Waals surface area contributed by atoms with Gasteiger partial charge in [-0.15, -0.1) is 0 Å². The topological polar surface area (TPSA) is 66.9 Å².